The van der Waals surface area contributed by atoms with Crippen LogP contribution < -0.4 is 5.43 Å². The molecule has 10 heteroatoms. The molecule has 2 aromatic heterocycles. The van der Waals surface area contributed by atoms with E-state index in [4.69, 9.17) is 11.6 Å². The summed E-state index contributed by atoms with van der Waals surface area (Å²) >= 11 is 7.30. The van der Waals surface area contributed by atoms with Crippen LogP contribution in [0.15, 0.2) is 95.4 Å². The number of hydrogen-bond donors (Lipinski definition) is 2. The number of pyridine rings is 1. The fraction of sp³-hybridized carbons (Fsp3) is 0.0385. The van der Waals surface area contributed by atoms with E-state index in [0.29, 0.717) is 21.6 Å². The van der Waals surface area contributed by atoms with E-state index in [0.717, 1.165) is 22.0 Å². The molecule has 5 rings (SSSR count). The van der Waals surface area contributed by atoms with Gasteiger partial charge in [0.1, 0.15) is 5.75 Å². The lowest BCUT2D eigenvalue weighted by Crippen LogP contribution is -2.20. The number of aromatic hydroxyl groups is 1. The molecule has 0 spiro atoms. The number of fused-ring (bicyclic) bond motifs is 1. The summed E-state index contributed by atoms with van der Waals surface area (Å²) in [6.07, 6.45) is 4.81. The maximum atomic E-state index is 12.5. The number of aromatic nitrogens is 4. The van der Waals surface area contributed by atoms with E-state index < -0.39 is 0 Å². The van der Waals surface area contributed by atoms with Crippen LogP contribution in [0.2, 0.25) is 5.02 Å². The van der Waals surface area contributed by atoms with E-state index in [1.807, 2.05) is 59.2 Å². The van der Waals surface area contributed by atoms with Crippen LogP contribution in [-0.4, -0.2) is 42.7 Å². The van der Waals surface area contributed by atoms with Crippen molar-refractivity contribution in [3.05, 3.63) is 95.8 Å². The second-order valence-electron chi connectivity index (χ2n) is 7.66. The van der Waals surface area contributed by atoms with Crippen LogP contribution in [0.4, 0.5) is 0 Å². The first kappa shape index (κ1) is 23.5. The number of benzene rings is 3. The van der Waals surface area contributed by atoms with Gasteiger partial charge in [0.25, 0.3) is 5.91 Å². The van der Waals surface area contributed by atoms with Crippen LogP contribution in [0.3, 0.4) is 0 Å². The second-order valence-corrected chi connectivity index (χ2v) is 9.03. The highest BCUT2D eigenvalue weighted by Crippen LogP contribution is 2.28. The summed E-state index contributed by atoms with van der Waals surface area (Å²) in [4.78, 5) is 16.6. The van der Waals surface area contributed by atoms with Gasteiger partial charge in [0, 0.05) is 34.2 Å². The van der Waals surface area contributed by atoms with E-state index in [9.17, 15) is 9.90 Å². The van der Waals surface area contributed by atoms with Crippen molar-refractivity contribution < 1.29 is 9.90 Å². The first-order valence-electron chi connectivity index (χ1n) is 10.9. The number of thioether (sulfide) groups is 1. The Morgan fingerprint density at radius 3 is 2.61 bits per heavy atom. The topological polar surface area (TPSA) is 105 Å². The SMILES string of the molecule is O=C(CSc1nnc(-c2ccncc2)n1-c1ccc(Cl)cc1)NN=Cc1c(O)ccc2ccccc12. The molecule has 8 nitrogen and oxygen atoms in total. The Bertz CT molecular complexity index is 1550. The van der Waals surface area contributed by atoms with Gasteiger partial charge in [0.05, 0.1) is 12.0 Å². The molecule has 0 saturated carbocycles. The molecular formula is C26H19ClN6O2S. The lowest BCUT2D eigenvalue weighted by Gasteiger charge is -2.10. The highest BCUT2D eigenvalue weighted by Gasteiger charge is 2.17. The molecule has 178 valence electrons. The summed E-state index contributed by atoms with van der Waals surface area (Å²) in [5.74, 6) is 0.431. The highest BCUT2D eigenvalue weighted by atomic mass is 35.5. The zero-order valence-corrected chi connectivity index (χ0v) is 20.3. The van der Waals surface area contributed by atoms with E-state index in [1.165, 1.54) is 18.0 Å². The molecule has 3 aromatic carbocycles. The number of nitrogens with zero attached hydrogens (tertiary/aromatic N) is 5. The smallest absolute Gasteiger partial charge is 0.250 e. The Balaban J connectivity index is 1.33. The molecule has 0 fully saturated rings. The standard InChI is InChI=1S/C26H19ClN6O2S/c27-19-6-8-20(9-7-19)33-25(18-11-13-28-14-12-18)31-32-26(33)36-16-24(35)30-29-15-22-21-4-2-1-3-17(21)5-10-23(22)34/h1-15,34H,16H2,(H,30,35). The van der Waals surface area contributed by atoms with Crippen LogP contribution >= 0.6 is 23.4 Å². The molecule has 0 unspecified atom stereocenters. The molecule has 2 heterocycles. The Morgan fingerprint density at radius 2 is 1.81 bits per heavy atom. The Morgan fingerprint density at radius 1 is 1.03 bits per heavy atom. The number of hydrazone groups is 1. The normalized spacial score (nSPS) is 11.2. The number of rotatable bonds is 7. The van der Waals surface area contributed by atoms with Gasteiger partial charge in [0.2, 0.25) is 0 Å². The summed E-state index contributed by atoms with van der Waals surface area (Å²) < 4.78 is 1.86. The summed E-state index contributed by atoms with van der Waals surface area (Å²) in [6.45, 7) is 0. The van der Waals surface area contributed by atoms with Gasteiger partial charge in [-0.2, -0.15) is 5.10 Å². The molecule has 0 atom stereocenters. The summed E-state index contributed by atoms with van der Waals surface area (Å²) in [6, 6.07) is 22.0. The van der Waals surface area contributed by atoms with Gasteiger partial charge < -0.3 is 5.11 Å². The molecule has 0 aliphatic rings. The average Bonchev–Trinajstić information content (AvgIpc) is 3.33. The number of amides is 1. The van der Waals surface area contributed by atoms with Crippen molar-refractivity contribution in [2.45, 2.75) is 5.16 Å². The number of phenolic OH excluding ortho intramolecular Hbond substituents is 1. The number of carbonyl (C=O) groups is 1. The van der Waals surface area contributed by atoms with Crippen molar-refractivity contribution in [1.29, 1.82) is 0 Å². The zero-order valence-electron chi connectivity index (χ0n) is 18.7. The van der Waals surface area contributed by atoms with Crippen LogP contribution in [0.5, 0.6) is 5.75 Å². The van der Waals surface area contributed by atoms with Gasteiger partial charge >= 0.3 is 0 Å². The number of nitrogens with one attached hydrogen (secondary N) is 1. The molecular weight excluding hydrogens is 496 g/mol. The molecule has 0 bridgehead atoms. The van der Waals surface area contributed by atoms with Crippen LogP contribution in [-0.2, 0) is 4.79 Å². The Kier molecular flexibility index (Phi) is 6.92. The fourth-order valence-electron chi connectivity index (χ4n) is 3.63. The van der Waals surface area contributed by atoms with Crippen molar-refractivity contribution in [3.8, 4) is 22.8 Å². The largest absolute Gasteiger partial charge is 0.507 e. The predicted molar refractivity (Wildman–Crippen MR) is 142 cm³/mol. The van der Waals surface area contributed by atoms with Crippen molar-refractivity contribution in [2.24, 2.45) is 5.10 Å². The maximum Gasteiger partial charge on any atom is 0.250 e. The van der Waals surface area contributed by atoms with E-state index in [1.54, 1.807) is 30.6 Å². The minimum absolute atomic E-state index is 0.0565. The van der Waals surface area contributed by atoms with E-state index >= 15 is 0 Å². The van der Waals surface area contributed by atoms with Gasteiger partial charge in [-0.1, -0.05) is 53.7 Å². The molecule has 0 aliphatic heterocycles. The van der Waals surface area contributed by atoms with Gasteiger partial charge in [-0.3, -0.25) is 14.3 Å². The number of phenols is 1. The second kappa shape index (κ2) is 10.6. The lowest BCUT2D eigenvalue weighted by molar-refractivity contribution is -0.118. The molecule has 2 N–H and O–H groups in total. The average molecular weight is 515 g/mol. The minimum atomic E-state index is -0.327. The van der Waals surface area contributed by atoms with Crippen molar-refractivity contribution in [2.75, 3.05) is 5.75 Å². The molecule has 5 aromatic rings. The highest BCUT2D eigenvalue weighted by molar-refractivity contribution is 7.99. The third kappa shape index (κ3) is 5.07. The quantitative estimate of drug-likeness (QED) is 0.178. The van der Waals surface area contributed by atoms with Crippen molar-refractivity contribution in [1.82, 2.24) is 25.2 Å². The van der Waals surface area contributed by atoms with Crippen LogP contribution in [0.25, 0.3) is 27.8 Å². The monoisotopic (exact) mass is 514 g/mol. The fourth-order valence-corrected chi connectivity index (χ4v) is 4.50. The first-order valence-corrected chi connectivity index (χ1v) is 12.2. The maximum absolute atomic E-state index is 12.5. The van der Waals surface area contributed by atoms with Crippen molar-refractivity contribution >= 4 is 46.3 Å². The van der Waals surface area contributed by atoms with Gasteiger partial charge in [0.15, 0.2) is 11.0 Å². The number of carbonyl (C=O) groups excluding carboxylic acids is 1. The van der Waals surface area contributed by atoms with Gasteiger partial charge in [-0.25, -0.2) is 5.43 Å². The molecule has 36 heavy (non-hydrogen) atoms. The Hall–Kier alpha value is -4.21. The molecule has 0 radical (unpaired) electrons. The molecule has 0 saturated heterocycles. The third-order valence-electron chi connectivity index (χ3n) is 5.32. The summed E-state index contributed by atoms with van der Waals surface area (Å²) in [5, 5.41) is 25.9. The molecule has 0 aliphatic carbocycles. The number of halogens is 1. The Labute approximate surface area is 215 Å². The van der Waals surface area contributed by atoms with Crippen molar-refractivity contribution in [3.63, 3.8) is 0 Å². The van der Waals surface area contributed by atoms with Gasteiger partial charge in [-0.05, 0) is 53.2 Å². The zero-order chi connectivity index (χ0) is 24.9. The van der Waals surface area contributed by atoms with Crippen LogP contribution in [0.1, 0.15) is 5.56 Å². The third-order valence-corrected chi connectivity index (χ3v) is 6.50. The van der Waals surface area contributed by atoms with Crippen LogP contribution in [0, 0.1) is 0 Å². The first-order chi connectivity index (χ1) is 17.6. The number of hydrogen-bond acceptors (Lipinski definition) is 7. The lowest BCUT2D eigenvalue weighted by atomic mass is 10.0. The van der Waals surface area contributed by atoms with E-state index in [-0.39, 0.29) is 17.4 Å². The summed E-state index contributed by atoms with van der Waals surface area (Å²) in [7, 11) is 0. The predicted octanol–water partition coefficient (Wildman–Crippen LogP) is 5.08. The minimum Gasteiger partial charge on any atom is -0.507 e. The molecule has 1 amide bonds. The van der Waals surface area contributed by atoms with Gasteiger partial charge in [-0.15, -0.1) is 10.2 Å². The summed E-state index contributed by atoms with van der Waals surface area (Å²) in [5.41, 5.74) is 4.69. The van der Waals surface area contributed by atoms with E-state index in [2.05, 4.69) is 25.7 Å².